The van der Waals surface area contributed by atoms with Crippen molar-refractivity contribution in [2.45, 2.75) is 6.42 Å². The molecule has 1 aromatic carbocycles. The molecule has 0 saturated carbocycles. The topological polar surface area (TPSA) is 58.6 Å². The highest BCUT2D eigenvalue weighted by molar-refractivity contribution is 5.79. The Kier molecular flexibility index (Phi) is 4.92. The molecule has 0 unspecified atom stereocenters. The summed E-state index contributed by atoms with van der Waals surface area (Å²) in [4.78, 5) is 10.2. The van der Waals surface area contributed by atoms with Gasteiger partial charge in [-0.05, 0) is 24.1 Å². The first-order valence-electron chi connectivity index (χ1n) is 4.98. The Hall–Kier alpha value is -1.97. The fourth-order valence-corrected chi connectivity index (χ4v) is 1.26. The number of methoxy groups -OCH3 is 1. The molecule has 1 aromatic rings. The molecule has 0 radical (unpaired) electrons. The number of nitrogens with one attached hydrogen (secondary N) is 1. The minimum absolute atomic E-state index is 0.691. The molecule has 1 rings (SSSR count). The van der Waals surface area contributed by atoms with Crippen molar-refractivity contribution in [3.8, 4) is 5.75 Å². The van der Waals surface area contributed by atoms with E-state index in [1.165, 1.54) is 6.20 Å². The summed E-state index contributed by atoms with van der Waals surface area (Å²) >= 11 is 0. The van der Waals surface area contributed by atoms with Crippen LogP contribution in [0.5, 0.6) is 5.75 Å². The molecule has 0 aliphatic rings. The number of rotatable bonds is 6. The first-order chi connectivity index (χ1) is 7.72. The van der Waals surface area contributed by atoms with Crippen LogP contribution in [0.25, 0.3) is 0 Å². The normalized spacial score (nSPS) is 10.3. The SMILES string of the molecule is COc1cccc(CCN/C=C/C(=O)O)c1. The predicted molar refractivity (Wildman–Crippen MR) is 61.5 cm³/mol. The van der Waals surface area contributed by atoms with Crippen LogP contribution in [0.3, 0.4) is 0 Å². The molecule has 0 saturated heterocycles. The highest BCUT2D eigenvalue weighted by Crippen LogP contribution is 2.12. The van der Waals surface area contributed by atoms with Crippen LogP contribution in [0.2, 0.25) is 0 Å². The molecule has 0 heterocycles. The van der Waals surface area contributed by atoms with E-state index in [1.807, 2.05) is 24.3 Å². The standard InChI is InChI=1S/C12H15NO3/c1-16-11-4-2-3-10(9-11)5-7-13-8-6-12(14)15/h2-4,6,8-9,13H,5,7H2,1H3,(H,14,15)/b8-6+. The van der Waals surface area contributed by atoms with Gasteiger partial charge in [-0.25, -0.2) is 4.79 Å². The summed E-state index contributed by atoms with van der Waals surface area (Å²) in [6.45, 7) is 0.691. The molecule has 0 bridgehead atoms. The number of ether oxygens (including phenoxy) is 1. The molecular weight excluding hydrogens is 206 g/mol. The summed E-state index contributed by atoms with van der Waals surface area (Å²) < 4.78 is 5.10. The number of carboxylic acid groups (broad SMARTS) is 1. The van der Waals surface area contributed by atoms with Gasteiger partial charge in [0.2, 0.25) is 0 Å². The Bertz CT molecular complexity index is 374. The van der Waals surface area contributed by atoms with Crippen molar-refractivity contribution in [3.05, 3.63) is 42.1 Å². The lowest BCUT2D eigenvalue weighted by Gasteiger charge is -2.04. The van der Waals surface area contributed by atoms with Gasteiger partial charge in [0.1, 0.15) is 5.75 Å². The highest BCUT2D eigenvalue weighted by atomic mass is 16.5. The number of hydrogen-bond donors (Lipinski definition) is 2. The quantitative estimate of drug-likeness (QED) is 0.563. The van der Waals surface area contributed by atoms with Crippen molar-refractivity contribution in [1.82, 2.24) is 5.32 Å². The minimum Gasteiger partial charge on any atom is -0.497 e. The summed E-state index contributed by atoms with van der Waals surface area (Å²) in [6.07, 6.45) is 3.33. The third-order valence-electron chi connectivity index (χ3n) is 2.04. The molecule has 0 aromatic heterocycles. The van der Waals surface area contributed by atoms with Gasteiger partial charge in [0.05, 0.1) is 7.11 Å². The average molecular weight is 221 g/mol. The van der Waals surface area contributed by atoms with Crippen LogP contribution in [-0.2, 0) is 11.2 Å². The molecule has 0 atom stereocenters. The van der Waals surface area contributed by atoms with Crippen molar-refractivity contribution in [1.29, 1.82) is 0 Å². The number of hydrogen-bond acceptors (Lipinski definition) is 3. The Morgan fingerprint density at radius 1 is 1.56 bits per heavy atom. The molecule has 16 heavy (non-hydrogen) atoms. The lowest BCUT2D eigenvalue weighted by molar-refractivity contribution is -0.131. The van der Waals surface area contributed by atoms with Crippen molar-refractivity contribution in [2.75, 3.05) is 13.7 Å². The van der Waals surface area contributed by atoms with Crippen LogP contribution in [0, 0.1) is 0 Å². The second-order valence-electron chi connectivity index (χ2n) is 3.23. The third-order valence-corrected chi connectivity index (χ3v) is 2.04. The molecule has 0 aliphatic heterocycles. The van der Waals surface area contributed by atoms with Gasteiger partial charge in [-0.1, -0.05) is 12.1 Å². The summed E-state index contributed by atoms with van der Waals surface area (Å²) in [5.74, 6) is -0.118. The summed E-state index contributed by atoms with van der Waals surface area (Å²) in [7, 11) is 1.63. The summed E-state index contributed by atoms with van der Waals surface area (Å²) in [6, 6.07) is 7.79. The van der Waals surface area contributed by atoms with Gasteiger partial charge in [0.15, 0.2) is 0 Å². The molecule has 0 aliphatic carbocycles. The Balaban J connectivity index is 2.34. The molecular formula is C12H15NO3. The largest absolute Gasteiger partial charge is 0.497 e. The van der Waals surface area contributed by atoms with Crippen LogP contribution >= 0.6 is 0 Å². The summed E-state index contributed by atoms with van der Waals surface area (Å²) in [5, 5.41) is 11.3. The maximum atomic E-state index is 10.2. The molecule has 4 nitrogen and oxygen atoms in total. The molecule has 2 N–H and O–H groups in total. The minimum atomic E-state index is -0.950. The van der Waals surface area contributed by atoms with E-state index in [9.17, 15) is 4.79 Å². The van der Waals surface area contributed by atoms with E-state index in [4.69, 9.17) is 9.84 Å². The van der Waals surface area contributed by atoms with Gasteiger partial charge in [-0.3, -0.25) is 0 Å². The molecule has 86 valence electrons. The van der Waals surface area contributed by atoms with E-state index in [0.717, 1.165) is 23.8 Å². The van der Waals surface area contributed by atoms with E-state index in [1.54, 1.807) is 7.11 Å². The zero-order valence-corrected chi connectivity index (χ0v) is 9.14. The lowest BCUT2D eigenvalue weighted by atomic mass is 10.1. The zero-order valence-electron chi connectivity index (χ0n) is 9.14. The van der Waals surface area contributed by atoms with Gasteiger partial charge in [0.25, 0.3) is 0 Å². The molecule has 0 fully saturated rings. The molecule has 4 heteroatoms. The van der Waals surface area contributed by atoms with Crippen LogP contribution in [0.15, 0.2) is 36.5 Å². The average Bonchev–Trinajstić information content (AvgIpc) is 2.28. The third kappa shape index (κ3) is 4.50. The molecule has 0 amide bonds. The predicted octanol–water partition coefficient (Wildman–Crippen LogP) is 1.43. The fraction of sp³-hybridized carbons (Fsp3) is 0.250. The van der Waals surface area contributed by atoms with Gasteiger partial charge >= 0.3 is 5.97 Å². The van der Waals surface area contributed by atoms with Crippen molar-refractivity contribution >= 4 is 5.97 Å². The number of benzene rings is 1. The van der Waals surface area contributed by atoms with Crippen LogP contribution < -0.4 is 10.1 Å². The van der Waals surface area contributed by atoms with Gasteiger partial charge < -0.3 is 15.2 Å². The Morgan fingerprint density at radius 2 is 2.38 bits per heavy atom. The lowest BCUT2D eigenvalue weighted by Crippen LogP contribution is -2.10. The van der Waals surface area contributed by atoms with Gasteiger partial charge in [0, 0.05) is 18.8 Å². The van der Waals surface area contributed by atoms with E-state index < -0.39 is 5.97 Å². The van der Waals surface area contributed by atoms with Gasteiger partial charge in [-0.2, -0.15) is 0 Å². The van der Waals surface area contributed by atoms with Crippen molar-refractivity contribution in [3.63, 3.8) is 0 Å². The highest BCUT2D eigenvalue weighted by Gasteiger charge is 1.94. The van der Waals surface area contributed by atoms with Crippen LogP contribution in [0.1, 0.15) is 5.56 Å². The Labute approximate surface area is 94.6 Å². The molecule has 0 spiro atoms. The van der Waals surface area contributed by atoms with E-state index in [2.05, 4.69) is 5.32 Å². The fourth-order valence-electron chi connectivity index (χ4n) is 1.26. The monoisotopic (exact) mass is 221 g/mol. The Morgan fingerprint density at radius 3 is 3.06 bits per heavy atom. The second-order valence-corrected chi connectivity index (χ2v) is 3.23. The number of carbonyl (C=O) groups is 1. The number of carboxylic acids is 1. The van der Waals surface area contributed by atoms with Gasteiger partial charge in [-0.15, -0.1) is 0 Å². The van der Waals surface area contributed by atoms with Crippen LogP contribution in [0.4, 0.5) is 0 Å². The second kappa shape index (κ2) is 6.50. The first kappa shape index (κ1) is 12.1. The zero-order chi connectivity index (χ0) is 11.8. The van der Waals surface area contributed by atoms with Crippen molar-refractivity contribution < 1.29 is 14.6 Å². The maximum absolute atomic E-state index is 10.2. The summed E-state index contributed by atoms with van der Waals surface area (Å²) in [5.41, 5.74) is 1.15. The van der Waals surface area contributed by atoms with E-state index in [-0.39, 0.29) is 0 Å². The number of aliphatic carboxylic acids is 1. The van der Waals surface area contributed by atoms with Crippen molar-refractivity contribution in [2.24, 2.45) is 0 Å². The van der Waals surface area contributed by atoms with E-state index in [0.29, 0.717) is 6.54 Å². The smallest absolute Gasteiger partial charge is 0.329 e. The maximum Gasteiger partial charge on any atom is 0.329 e. The first-order valence-corrected chi connectivity index (χ1v) is 4.98. The van der Waals surface area contributed by atoms with Crippen LogP contribution in [-0.4, -0.2) is 24.7 Å². The van der Waals surface area contributed by atoms with E-state index >= 15 is 0 Å².